The van der Waals surface area contributed by atoms with E-state index in [0.717, 1.165) is 17.1 Å². The molecule has 514 valence electrons. The van der Waals surface area contributed by atoms with E-state index in [-0.39, 0.29) is 0 Å². The van der Waals surface area contributed by atoms with Crippen LogP contribution in [0.5, 0.6) is 0 Å². The van der Waals surface area contributed by atoms with Gasteiger partial charge < -0.3 is 18.3 Å². The molecular weight excluding hydrogens is 1330 g/mol. The molecule has 4 aromatic heterocycles. The van der Waals surface area contributed by atoms with Gasteiger partial charge in [0.1, 0.15) is 0 Å². The van der Waals surface area contributed by atoms with Gasteiger partial charge in [-0.25, -0.2) is 0 Å². The quantitative estimate of drug-likeness (QED) is 0.123. The molecule has 18 aromatic carbocycles. The predicted octanol–water partition coefficient (Wildman–Crippen LogP) is 28.6. The second-order valence-corrected chi connectivity index (χ2v) is 28.8. The van der Waals surface area contributed by atoms with Crippen molar-refractivity contribution in [2.24, 2.45) is 0 Å². The monoisotopic (exact) mass is 1400 g/mol. The average molecular weight is 1400 g/mol. The maximum atomic E-state index is 2.40. The van der Waals surface area contributed by atoms with Crippen LogP contribution in [-0.4, -0.2) is 18.3 Å². The SMILES string of the molecule is c1ccc(-c2ccc3c4cc(-c5ccc(-c6ccc7c(c6)c6ccc(-c8ccccc8)cc6n7-c6ccccc6)cc5)ccc4n(-c4ccccc4)c3c2)cc1.c1ccc(-n2c3ccccc3c3cc(-c4ccc(-c5ccc6c(c5)c5ccccc5n6-c5ccc(-c6ccc7ccccc7c6)cc5)cc4)ccc32)cc1. The first kappa shape index (κ1) is 63.9. The third-order valence-corrected chi connectivity index (χ3v) is 22.4. The lowest BCUT2D eigenvalue weighted by Gasteiger charge is -2.11. The Labute approximate surface area is 637 Å². The molecule has 0 saturated carbocycles. The summed E-state index contributed by atoms with van der Waals surface area (Å²) >= 11 is 0. The van der Waals surface area contributed by atoms with E-state index in [0.29, 0.717) is 0 Å². The van der Waals surface area contributed by atoms with Gasteiger partial charge in [-0.3, -0.25) is 0 Å². The topological polar surface area (TPSA) is 19.7 Å². The number of nitrogens with zero attached hydrogens (tertiary/aromatic N) is 4. The van der Waals surface area contributed by atoms with Gasteiger partial charge in [0, 0.05) is 65.8 Å². The van der Waals surface area contributed by atoms with Crippen molar-refractivity contribution in [1.82, 2.24) is 18.3 Å². The summed E-state index contributed by atoms with van der Waals surface area (Å²) in [5, 5.41) is 12.6. The molecule has 110 heavy (non-hydrogen) atoms. The molecule has 22 rings (SSSR count). The van der Waals surface area contributed by atoms with Crippen molar-refractivity contribution in [3.8, 4) is 101 Å². The van der Waals surface area contributed by atoms with Crippen molar-refractivity contribution in [3.05, 3.63) is 425 Å². The van der Waals surface area contributed by atoms with E-state index in [1.807, 2.05) is 0 Å². The van der Waals surface area contributed by atoms with Crippen LogP contribution in [0.25, 0.3) is 199 Å². The molecule has 22 aromatic rings. The number of fused-ring (bicyclic) bond motifs is 13. The van der Waals surface area contributed by atoms with Crippen LogP contribution in [0.2, 0.25) is 0 Å². The lowest BCUT2D eigenvalue weighted by molar-refractivity contribution is 1.18. The van der Waals surface area contributed by atoms with E-state index in [1.54, 1.807) is 0 Å². The Morgan fingerprint density at radius 1 is 0.109 bits per heavy atom. The third kappa shape index (κ3) is 11.2. The van der Waals surface area contributed by atoms with Crippen LogP contribution in [0.3, 0.4) is 0 Å². The van der Waals surface area contributed by atoms with Crippen molar-refractivity contribution in [2.45, 2.75) is 0 Å². The van der Waals surface area contributed by atoms with Gasteiger partial charge in [0.15, 0.2) is 0 Å². The number of aromatic nitrogens is 4. The van der Waals surface area contributed by atoms with Crippen LogP contribution >= 0.6 is 0 Å². The standard InChI is InChI=1S/C54H36N2.C52H34N2/c1-5-13-37(14-6-1)43-25-29-47-49-33-41(27-31-51(49)55(53(47)35-43)45-17-9-3-10-18-45)39-21-23-40(24-22-39)42-28-32-52-50(34-42)48-30-26-44(38-15-7-2-8-16-38)36-54(48)56(52)46-19-11-4-12-20-46;1-2-12-43(13-3-1)53-49-16-8-6-14-45(49)47-33-41(26-30-51(47)53)36-18-20-37(21-19-36)42-27-31-52-48(34-42)46-15-7-9-17-50(46)54(52)44-28-24-38(25-29-44)40-23-22-35-10-4-5-11-39(35)32-40/h1-36H;1-34H. The third-order valence-electron chi connectivity index (χ3n) is 22.4. The molecule has 0 aliphatic rings. The van der Waals surface area contributed by atoms with Gasteiger partial charge in [-0.1, -0.05) is 297 Å². The number of hydrogen-bond acceptors (Lipinski definition) is 0. The second kappa shape index (κ2) is 26.8. The molecule has 4 heterocycles. The molecule has 0 atom stereocenters. The van der Waals surface area contributed by atoms with E-state index >= 15 is 0 Å². The number of hydrogen-bond donors (Lipinski definition) is 0. The summed E-state index contributed by atoms with van der Waals surface area (Å²) in [6.07, 6.45) is 0. The van der Waals surface area contributed by atoms with Crippen molar-refractivity contribution in [2.75, 3.05) is 0 Å². The summed E-state index contributed by atoms with van der Waals surface area (Å²) in [6.45, 7) is 0. The van der Waals surface area contributed by atoms with Gasteiger partial charge in [0.2, 0.25) is 0 Å². The van der Waals surface area contributed by atoms with Crippen LogP contribution in [-0.2, 0) is 0 Å². The molecular formula is C106H70N4. The van der Waals surface area contributed by atoms with E-state index in [1.165, 1.54) is 182 Å². The number of para-hydroxylation sites is 5. The second-order valence-electron chi connectivity index (χ2n) is 28.8. The minimum absolute atomic E-state index is 1.16. The fourth-order valence-corrected chi connectivity index (χ4v) is 17.1. The van der Waals surface area contributed by atoms with Crippen LogP contribution in [0.4, 0.5) is 0 Å². The summed E-state index contributed by atoms with van der Waals surface area (Å²) in [5.74, 6) is 0. The smallest absolute Gasteiger partial charge is 0.0547 e. The minimum atomic E-state index is 1.16. The zero-order valence-electron chi connectivity index (χ0n) is 60.2. The molecule has 0 aliphatic carbocycles. The molecule has 0 radical (unpaired) electrons. The van der Waals surface area contributed by atoms with Gasteiger partial charge in [-0.15, -0.1) is 0 Å². The molecule has 0 spiro atoms. The van der Waals surface area contributed by atoms with E-state index in [4.69, 9.17) is 0 Å². The van der Waals surface area contributed by atoms with Crippen molar-refractivity contribution < 1.29 is 0 Å². The number of benzene rings is 18. The van der Waals surface area contributed by atoms with Crippen molar-refractivity contribution in [3.63, 3.8) is 0 Å². The van der Waals surface area contributed by atoms with Crippen LogP contribution in [0.1, 0.15) is 0 Å². The lowest BCUT2D eigenvalue weighted by atomic mass is 9.97. The highest BCUT2D eigenvalue weighted by Gasteiger charge is 2.20. The highest BCUT2D eigenvalue weighted by molar-refractivity contribution is 6.15. The Hall–Kier alpha value is -14.6. The van der Waals surface area contributed by atoms with E-state index in [2.05, 4.69) is 443 Å². The fraction of sp³-hybridized carbons (Fsp3) is 0. The first-order valence-corrected chi connectivity index (χ1v) is 37.8. The van der Waals surface area contributed by atoms with E-state index < -0.39 is 0 Å². The van der Waals surface area contributed by atoms with Gasteiger partial charge in [-0.05, 0) is 216 Å². The zero-order chi connectivity index (χ0) is 72.6. The predicted molar refractivity (Wildman–Crippen MR) is 466 cm³/mol. The maximum absolute atomic E-state index is 2.40. The zero-order valence-corrected chi connectivity index (χ0v) is 60.2. The highest BCUT2D eigenvalue weighted by Crippen LogP contribution is 2.43. The molecule has 4 heteroatoms. The Balaban J connectivity index is 0.000000140. The summed E-state index contributed by atoms with van der Waals surface area (Å²) < 4.78 is 9.56. The average Bonchev–Trinajstić information content (AvgIpc) is 1.60. The van der Waals surface area contributed by atoms with Crippen LogP contribution in [0.15, 0.2) is 425 Å². The van der Waals surface area contributed by atoms with Crippen molar-refractivity contribution >= 4 is 98.0 Å². The van der Waals surface area contributed by atoms with Gasteiger partial charge >= 0.3 is 0 Å². The van der Waals surface area contributed by atoms with Gasteiger partial charge in [0.25, 0.3) is 0 Å². The highest BCUT2D eigenvalue weighted by atomic mass is 15.0. The largest absolute Gasteiger partial charge is 0.309 e. The first-order valence-electron chi connectivity index (χ1n) is 37.8. The molecule has 0 N–H and O–H groups in total. The molecule has 0 aliphatic heterocycles. The van der Waals surface area contributed by atoms with Gasteiger partial charge in [-0.2, -0.15) is 0 Å². The molecule has 4 nitrogen and oxygen atoms in total. The molecule has 0 saturated heterocycles. The van der Waals surface area contributed by atoms with Crippen molar-refractivity contribution in [1.29, 1.82) is 0 Å². The first-order chi connectivity index (χ1) is 54.5. The molecule has 0 amide bonds. The summed E-state index contributed by atoms with van der Waals surface area (Å²) in [7, 11) is 0. The Bertz CT molecular complexity index is 7030. The Morgan fingerprint density at radius 3 is 0.709 bits per heavy atom. The fourth-order valence-electron chi connectivity index (χ4n) is 17.1. The lowest BCUT2D eigenvalue weighted by Crippen LogP contribution is -1.93. The van der Waals surface area contributed by atoms with Crippen LogP contribution in [0, 0.1) is 0 Å². The molecule has 0 unspecified atom stereocenters. The Morgan fingerprint density at radius 2 is 0.336 bits per heavy atom. The summed E-state index contributed by atoms with van der Waals surface area (Å²) in [6, 6.07) is 155. The summed E-state index contributed by atoms with van der Waals surface area (Å²) in [4.78, 5) is 0. The number of rotatable bonds is 11. The molecule has 0 bridgehead atoms. The van der Waals surface area contributed by atoms with E-state index in [9.17, 15) is 0 Å². The summed E-state index contributed by atoms with van der Waals surface area (Å²) in [5.41, 5.74) is 31.3. The minimum Gasteiger partial charge on any atom is -0.309 e. The molecule has 0 fully saturated rings. The Kier molecular flexibility index (Phi) is 15.5. The van der Waals surface area contributed by atoms with Crippen LogP contribution < -0.4 is 0 Å². The normalized spacial score (nSPS) is 11.6. The maximum Gasteiger partial charge on any atom is 0.0547 e. The van der Waals surface area contributed by atoms with Gasteiger partial charge in [0.05, 0.1) is 44.1 Å².